The molecule has 4 nitrogen and oxygen atoms in total. The third-order valence-corrected chi connectivity index (χ3v) is 3.57. The van der Waals surface area contributed by atoms with Crippen molar-refractivity contribution in [3.63, 3.8) is 0 Å². The van der Waals surface area contributed by atoms with Crippen molar-refractivity contribution in [2.75, 3.05) is 14.1 Å². The lowest BCUT2D eigenvalue weighted by atomic mass is 10.0. The summed E-state index contributed by atoms with van der Waals surface area (Å²) in [6.45, 7) is 0. The lowest BCUT2D eigenvalue weighted by Crippen LogP contribution is -2.40. The molecule has 0 spiro atoms. The Bertz CT molecular complexity index is 758. The molecule has 0 aliphatic carbocycles. The Balaban J connectivity index is 2.37. The molecule has 1 N–H and O–H groups in total. The second-order valence-corrected chi connectivity index (χ2v) is 5.59. The average molecular weight is 350 g/mol. The first-order valence-electron chi connectivity index (χ1n) is 7.45. The Hall–Kier alpha value is -2.83. The molecule has 0 saturated heterocycles. The van der Waals surface area contributed by atoms with Crippen LogP contribution >= 0.6 is 0 Å². The molecule has 132 valence electrons. The van der Waals surface area contributed by atoms with Crippen LogP contribution in [-0.4, -0.2) is 30.8 Å². The zero-order chi connectivity index (χ0) is 18.6. The molecule has 25 heavy (non-hydrogen) atoms. The average Bonchev–Trinajstić information content (AvgIpc) is 2.58. The van der Waals surface area contributed by atoms with Crippen molar-refractivity contribution in [1.82, 2.24) is 10.2 Å². The minimum Gasteiger partial charge on any atom is -0.347 e. The quantitative estimate of drug-likeness (QED) is 0.920. The molecule has 1 atom stereocenters. The van der Waals surface area contributed by atoms with Gasteiger partial charge in [-0.15, -0.1) is 0 Å². The van der Waals surface area contributed by atoms with Gasteiger partial charge < -0.3 is 10.2 Å². The zero-order valence-electron chi connectivity index (χ0n) is 13.7. The van der Waals surface area contributed by atoms with Crippen molar-refractivity contribution in [3.8, 4) is 0 Å². The van der Waals surface area contributed by atoms with Crippen molar-refractivity contribution in [1.29, 1.82) is 0 Å². The van der Waals surface area contributed by atoms with Crippen molar-refractivity contribution >= 4 is 11.8 Å². The molecule has 0 aromatic heterocycles. The Labute approximate surface area is 143 Å². The van der Waals surface area contributed by atoms with Gasteiger partial charge in [-0.1, -0.05) is 42.5 Å². The highest BCUT2D eigenvalue weighted by Gasteiger charge is 2.35. The minimum absolute atomic E-state index is 0.441. The molecule has 2 amide bonds. The fraction of sp³-hybridized carbons (Fsp3) is 0.222. The van der Waals surface area contributed by atoms with E-state index < -0.39 is 35.2 Å². The number of nitrogens with zero attached hydrogens (tertiary/aromatic N) is 1. The number of nitrogens with one attached hydrogen (secondary N) is 1. The highest BCUT2D eigenvalue weighted by molar-refractivity contribution is 5.99. The van der Waals surface area contributed by atoms with E-state index in [0.29, 0.717) is 5.56 Å². The Morgan fingerprint density at radius 3 is 2.08 bits per heavy atom. The second kappa shape index (κ2) is 7.38. The smallest absolute Gasteiger partial charge is 0.347 e. The molecule has 2 aromatic carbocycles. The Kier molecular flexibility index (Phi) is 5.46. The molecule has 7 heteroatoms. The van der Waals surface area contributed by atoms with Gasteiger partial charge in [0.25, 0.3) is 5.91 Å². The van der Waals surface area contributed by atoms with Crippen LogP contribution in [-0.2, 0) is 11.0 Å². The largest absolute Gasteiger partial charge is 0.417 e. The number of hydrogen-bond donors (Lipinski definition) is 1. The summed E-state index contributed by atoms with van der Waals surface area (Å²) >= 11 is 0. The zero-order valence-corrected chi connectivity index (χ0v) is 13.7. The first-order chi connectivity index (χ1) is 11.7. The topological polar surface area (TPSA) is 49.4 Å². The highest BCUT2D eigenvalue weighted by atomic mass is 19.4. The van der Waals surface area contributed by atoms with Crippen molar-refractivity contribution in [2.24, 2.45) is 0 Å². The number of likely N-dealkylation sites (N-methyl/N-ethyl adjacent to an activating group) is 1. The summed E-state index contributed by atoms with van der Waals surface area (Å²) in [6.07, 6.45) is -4.66. The minimum atomic E-state index is -4.66. The molecule has 0 unspecified atom stereocenters. The number of hydrogen-bond acceptors (Lipinski definition) is 2. The Morgan fingerprint density at radius 1 is 0.960 bits per heavy atom. The lowest BCUT2D eigenvalue weighted by molar-refractivity contribution is -0.137. The summed E-state index contributed by atoms with van der Waals surface area (Å²) in [5.41, 5.74) is -1.09. The summed E-state index contributed by atoms with van der Waals surface area (Å²) in [6, 6.07) is 11.7. The number of amides is 2. The van der Waals surface area contributed by atoms with Gasteiger partial charge in [0.15, 0.2) is 0 Å². The van der Waals surface area contributed by atoms with Crippen LogP contribution in [0.1, 0.15) is 27.5 Å². The standard InChI is InChI=1S/C18H17F3N2O2/c1-23(2)17(25)15(12-8-4-3-5-9-12)22-16(24)13-10-6-7-11-14(13)18(19,20)21/h3-11,15H,1-2H3,(H,22,24)/t15-/m1/s1. The molecule has 0 aliphatic rings. The van der Waals surface area contributed by atoms with Crippen molar-refractivity contribution in [3.05, 3.63) is 71.3 Å². The van der Waals surface area contributed by atoms with E-state index in [9.17, 15) is 22.8 Å². The van der Waals surface area contributed by atoms with Gasteiger partial charge in [-0.05, 0) is 17.7 Å². The molecule has 0 bridgehead atoms. The summed E-state index contributed by atoms with van der Waals surface area (Å²) in [5.74, 6) is -1.40. The van der Waals surface area contributed by atoms with E-state index in [2.05, 4.69) is 5.32 Å². The highest BCUT2D eigenvalue weighted by Crippen LogP contribution is 2.32. The van der Waals surface area contributed by atoms with Gasteiger partial charge >= 0.3 is 6.18 Å². The van der Waals surface area contributed by atoms with E-state index in [1.54, 1.807) is 30.3 Å². The molecule has 2 rings (SSSR count). The van der Waals surface area contributed by atoms with Crippen LogP contribution in [0.25, 0.3) is 0 Å². The van der Waals surface area contributed by atoms with Crippen LogP contribution in [0.4, 0.5) is 13.2 Å². The molecule has 0 aliphatic heterocycles. The molecule has 0 saturated carbocycles. The van der Waals surface area contributed by atoms with E-state index in [4.69, 9.17) is 0 Å². The molecule has 0 heterocycles. The summed E-state index contributed by atoms with van der Waals surface area (Å²) in [7, 11) is 3.02. The fourth-order valence-corrected chi connectivity index (χ4v) is 2.33. The summed E-state index contributed by atoms with van der Waals surface area (Å²) in [5, 5.41) is 2.41. The first-order valence-corrected chi connectivity index (χ1v) is 7.45. The molecule has 0 radical (unpaired) electrons. The van der Waals surface area contributed by atoms with Gasteiger partial charge in [0.2, 0.25) is 5.91 Å². The van der Waals surface area contributed by atoms with Crippen LogP contribution in [0, 0.1) is 0 Å². The monoisotopic (exact) mass is 350 g/mol. The van der Waals surface area contributed by atoms with Gasteiger partial charge in [0.05, 0.1) is 11.1 Å². The lowest BCUT2D eigenvalue weighted by Gasteiger charge is -2.23. The van der Waals surface area contributed by atoms with Crippen LogP contribution in [0.15, 0.2) is 54.6 Å². The third kappa shape index (κ3) is 4.37. The molecular weight excluding hydrogens is 333 g/mol. The van der Waals surface area contributed by atoms with E-state index in [-0.39, 0.29) is 0 Å². The second-order valence-electron chi connectivity index (χ2n) is 5.59. The SMILES string of the molecule is CN(C)C(=O)[C@H](NC(=O)c1ccccc1C(F)(F)F)c1ccccc1. The number of benzene rings is 2. The summed E-state index contributed by atoms with van der Waals surface area (Å²) < 4.78 is 39.3. The third-order valence-electron chi connectivity index (χ3n) is 3.57. The first kappa shape index (κ1) is 18.5. The van der Waals surface area contributed by atoms with Crippen LogP contribution in [0.2, 0.25) is 0 Å². The predicted molar refractivity (Wildman–Crippen MR) is 86.8 cm³/mol. The Morgan fingerprint density at radius 2 is 1.52 bits per heavy atom. The molecule has 0 fully saturated rings. The molecule has 2 aromatic rings. The summed E-state index contributed by atoms with van der Waals surface area (Å²) in [4.78, 5) is 26.1. The normalized spacial score (nSPS) is 12.4. The van der Waals surface area contributed by atoms with E-state index >= 15 is 0 Å². The maximum Gasteiger partial charge on any atom is 0.417 e. The fourth-order valence-electron chi connectivity index (χ4n) is 2.33. The van der Waals surface area contributed by atoms with Gasteiger partial charge in [0, 0.05) is 14.1 Å². The number of halogens is 3. The number of carbonyl (C=O) groups excluding carboxylic acids is 2. The van der Waals surface area contributed by atoms with Crippen LogP contribution in [0.3, 0.4) is 0 Å². The number of alkyl halides is 3. The van der Waals surface area contributed by atoms with Gasteiger partial charge in [-0.25, -0.2) is 0 Å². The van der Waals surface area contributed by atoms with Gasteiger partial charge in [-0.2, -0.15) is 13.2 Å². The predicted octanol–water partition coefficient (Wildman–Crippen LogP) is 3.26. The maximum absolute atomic E-state index is 13.1. The van der Waals surface area contributed by atoms with E-state index in [1.807, 2.05) is 0 Å². The van der Waals surface area contributed by atoms with E-state index in [0.717, 1.165) is 12.1 Å². The van der Waals surface area contributed by atoms with Crippen LogP contribution in [0.5, 0.6) is 0 Å². The van der Waals surface area contributed by atoms with Crippen molar-refractivity contribution < 1.29 is 22.8 Å². The maximum atomic E-state index is 13.1. The number of rotatable bonds is 4. The van der Waals surface area contributed by atoms with E-state index in [1.165, 1.54) is 31.1 Å². The van der Waals surface area contributed by atoms with Crippen molar-refractivity contribution in [2.45, 2.75) is 12.2 Å². The molecular formula is C18H17F3N2O2. The number of carbonyl (C=O) groups is 2. The van der Waals surface area contributed by atoms with Crippen LogP contribution < -0.4 is 5.32 Å². The van der Waals surface area contributed by atoms with Gasteiger partial charge in [-0.3, -0.25) is 9.59 Å². The van der Waals surface area contributed by atoms with Gasteiger partial charge in [0.1, 0.15) is 6.04 Å².